The van der Waals surface area contributed by atoms with E-state index in [0.717, 1.165) is 0 Å². The van der Waals surface area contributed by atoms with Crippen molar-refractivity contribution < 1.29 is 14.3 Å². The largest absolute Gasteiger partial charge is 0.481 e. The second-order valence-corrected chi connectivity index (χ2v) is 3.89. The van der Waals surface area contributed by atoms with Gasteiger partial charge in [0, 0.05) is 18.2 Å². The predicted octanol–water partition coefficient (Wildman–Crippen LogP) is 2.02. The normalized spacial score (nSPS) is 14.4. The Bertz CT molecular complexity index is 368. The molecule has 0 saturated carbocycles. The van der Waals surface area contributed by atoms with Crippen molar-refractivity contribution in [2.24, 2.45) is 5.92 Å². The van der Waals surface area contributed by atoms with E-state index in [2.05, 4.69) is 5.32 Å². The van der Waals surface area contributed by atoms with Gasteiger partial charge < -0.3 is 10.4 Å². The first-order valence-corrected chi connectivity index (χ1v) is 5.22. The maximum Gasteiger partial charge on any atom is 0.307 e. The molecule has 2 N–H and O–H groups in total. The summed E-state index contributed by atoms with van der Waals surface area (Å²) in [7, 11) is 0. The topological polar surface area (TPSA) is 49.3 Å². The zero-order valence-corrected chi connectivity index (χ0v) is 9.40. The highest BCUT2D eigenvalue weighted by atomic mass is 19.1. The minimum Gasteiger partial charge on any atom is -0.481 e. The van der Waals surface area contributed by atoms with Crippen molar-refractivity contribution in [3.8, 4) is 0 Å². The number of halogens is 1. The van der Waals surface area contributed by atoms with E-state index >= 15 is 0 Å². The summed E-state index contributed by atoms with van der Waals surface area (Å²) in [6, 6.07) is 6.26. The van der Waals surface area contributed by atoms with E-state index in [-0.39, 0.29) is 11.9 Å². The second-order valence-electron chi connectivity index (χ2n) is 3.89. The fourth-order valence-corrected chi connectivity index (χ4v) is 1.30. The van der Waals surface area contributed by atoms with Gasteiger partial charge in [-0.25, -0.2) is 4.39 Å². The Morgan fingerprint density at radius 2 is 2.06 bits per heavy atom. The van der Waals surface area contributed by atoms with Crippen molar-refractivity contribution in [1.29, 1.82) is 0 Å². The van der Waals surface area contributed by atoms with E-state index in [9.17, 15) is 9.18 Å². The molecular formula is C12H16FNO2. The molecule has 0 fully saturated rings. The van der Waals surface area contributed by atoms with Crippen LogP contribution in [0.1, 0.15) is 19.4 Å². The predicted molar refractivity (Wildman–Crippen MR) is 59.5 cm³/mol. The summed E-state index contributed by atoms with van der Waals surface area (Å²) in [5.74, 6) is -1.62. The third-order valence-corrected chi connectivity index (χ3v) is 2.71. The van der Waals surface area contributed by atoms with Crippen LogP contribution in [0.3, 0.4) is 0 Å². The van der Waals surface area contributed by atoms with Gasteiger partial charge in [0.05, 0.1) is 5.92 Å². The van der Waals surface area contributed by atoms with Crippen molar-refractivity contribution in [2.75, 3.05) is 0 Å². The van der Waals surface area contributed by atoms with Gasteiger partial charge in [-0.2, -0.15) is 0 Å². The lowest BCUT2D eigenvalue weighted by Crippen LogP contribution is -2.35. The van der Waals surface area contributed by atoms with Gasteiger partial charge in [0.25, 0.3) is 0 Å². The number of nitrogens with one attached hydrogen (secondary N) is 1. The Morgan fingerprint density at radius 3 is 2.62 bits per heavy atom. The van der Waals surface area contributed by atoms with Gasteiger partial charge in [0.2, 0.25) is 0 Å². The third-order valence-electron chi connectivity index (χ3n) is 2.71. The van der Waals surface area contributed by atoms with Crippen molar-refractivity contribution in [2.45, 2.75) is 26.4 Å². The molecular weight excluding hydrogens is 209 g/mol. The average Bonchev–Trinajstić information content (AvgIpc) is 2.26. The van der Waals surface area contributed by atoms with E-state index in [1.54, 1.807) is 32.0 Å². The van der Waals surface area contributed by atoms with Crippen LogP contribution in [-0.4, -0.2) is 17.1 Å². The molecule has 16 heavy (non-hydrogen) atoms. The highest BCUT2D eigenvalue weighted by Gasteiger charge is 2.18. The molecule has 0 bridgehead atoms. The highest BCUT2D eigenvalue weighted by Crippen LogP contribution is 2.08. The van der Waals surface area contributed by atoms with Crippen LogP contribution < -0.4 is 5.32 Å². The number of hydrogen-bond acceptors (Lipinski definition) is 2. The molecule has 0 aliphatic carbocycles. The minimum absolute atomic E-state index is 0.197. The Morgan fingerprint density at radius 1 is 1.44 bits per heavy atom. The number of rotatable bonds is 5. The van der Waals surface area contributed by atoms with E-state index in [4.69, 9.17) is 5.11 Å². The fraction of sp³-hybridized carbons (Fsp3) is 0.417. The molecule has 0 heterocycles. The first kappa shape index (κ1) is 12.6. The van der Waals surface area contributed by atoms with Gasteiger partial charge in [0.15, 0.2) is 0 Å². The Labute approximate surface area is 94.3 Å². The molecule has 0 aliphatic heterocycles. The van der Waals surface area contributed by atoms with Gasteiger partial charge in [-0.1, -0.05) is 25.1 Å². The summed E-state index contributed by atoms with van der Waals surface area (Å²) in [6.07, 6.45) is 0. The molecule has 0 radical (unpaired) electrons. The standard InChI is InChI=1S/C12H16FNO2/c1-8(12(15)16)9(2)14-7-10-5-3-4-6-11(10)13/h3-6,8-9,14H,7H2,1-2H3,(H,15,16)/t8-,9-/m1/s1. The molecule has 4 heteroatoms. The molecule has 0 spiro atoms. The molecule has 1 aromatic carbocycles. The summed E-state index contributed by atoms with van der Waals surface area (Å²) in [5, 5.41) is 11.8. The SMILES string of the molecule is C[C@@H](NCc1ccccc1F)[C@@H](C)C(=O)O. The second kappa shape index (κ2) is 5.61. The number of carboxylic acids is 1. The molecule has 0 aromatic heterocycles. The van der Waals surface area contributed by atoms with Crippen LogP contribution in [0.5, 0.6) is 0 Å². The van der Waals surface area contributed by atoms with Crippen LogP contribution in [0.25, 0.3) is 0 Å². The summed E-state index contributed by atoms with van der Waals surface area (Å²) in [4.78, 5) is 10.7. The van der Waals surface area contributed by atoms with Crippen LogP contribution in [0.2, 0.25) is 0 Å². The van der Waals surface area contributed by atoms with Crippen LogP contribution in [0, 0.1) is 11.7 Å². The van der Waals surface area contributed by atoms with E-state index in [1.165, 1.54) is 6.07 Å². The molecule has 1 aromatic rings. The quantitative estimate of drug-likeness (QED) is 0.806. The number of hydrogen-bond donors (Lipinski definition) is 2. The molecule has 3 nitrogen and oxygen atoms in total. The molecule has 2 atom stereocenters. The molecule has 0 unspecified atom stereocenters. The first-order chi connectivity index (χ1) is 7.52. The van der Waals surface area contributed by atoms with Crippen LogP contribution in [0.15, 0.2) is 24.3 Å². The average molecular weight is 225 g/mol. The van der Waals surface area contributed by atoms with Crippen molar-refractivity contribution >= 4 is 5.97 Å². The molecule has 88 valence electrons. The number of benzene rings is 1. The zero-order chi connectivity index (χ0) is 12.1. The molecule has 0 aliphatic rings. The van der Waals surface area contributed by atoms with Gasteiger partial charge >= 0.3 is 5.97 Å². The first-order valence-electron chi connectivity index (χ1n) is 5.22. The Balaban J connectivity index is 2.52. The minimum atomic E-state index is -0.853. The number of carboxylic acid groups (broad SMARTS) is 1. The zero-order valence-electron chi connectivity index (χ0n) is 9.40. The van der Waals surface area contributed by atoms with Crippen LogP contribution in [0.4, 0.5) is 4.39 Å². The summed E-state index contributed by atoms with van der Waals surface area (Å²) in [5.41, 5.74) is 0.548. The Kier molecular flexibility index (Phi) is 4.43. The van der Waals surface area contributed by atoms with Crippen molar-refractivity contribution in [3.63, 3.8) is 0 Å². The van der Waals surface area contributed by atoms with Crippen LogP contribution in [-0.2, 0) is 11.3 Å². The molecule has 1 rings (SSSR count). The van der Waals surface area contributed by atoms with Gasteiger partial charge in [-0.05, 0) is 13.0 Å². The lowest BCUT2D eigenvalue weighted by Gasteiger charge is -2.17. The molecule has 0 saturated heterocycles. The monoisotopic (exact) mass is 225 g/mol. The Hall–Kier alpha value is -1.42. The molecule has 0 amide bonds. The van der Waals surface area contributed by atoms with Crippen molar-refractivity contribution in [3.05, 3.63) is 35.6 Å². The maximum absolute atomic E-state index is 13.2. The fourth-order valence-electron chi connectivity index (χ4n) is 1.30. The van der Waals surface area contributed by atoms with E-state index < -0.39 is 11.9 Å². The van der Waals surface area contributed by atoms with Gasteiger partial charge in [-0.3, -0.25) is 4.79 Å². The lowest BCUT2D eigenvalue weighted by atomic mass is 10.0. The van der Waals surface area contributed by atoms with Gasteiger partial charge in [0.1, 0.15) is 5.82 Å². The van der Waals surface area contributed by atoms with Gasteiger partial charge in [-0.15, -0.1) is 0 Å². The van der Waals surface area contributed by atoms with Crippen molar-refractivity contribution in [1.82, 2.24) is 5.32 Å². The maximum atomic E-state index is 13.2. The summed E-state index contributed by atoms with van der Waals surface area (Å²) in [6.45, 7) is 3.74. The van der Waals surface area contributed by atoms with E-state index in [0.29, 0.717) is 12.1 Å². The summed E-state index contributed by atoms with van der Waals surface area (Å²) >= 11 is 0. The third kappa shape index (κ3) is 3.31. The van der Waals surface area contributed by atoms with Crippen LogP contribution >= 0.6 is 0 Å². The lowest BCUT2D eigenvalue weighted by molar-refractivity contribution is -0.141. The number of carbonyl (C=O) groups is 1. The number of aliphatic carboxylic acids is 1. The smallest absolute Gasteiger partial charge is 0.307 e. The summed E-state index contributed by atoms with van der Waals surface area (Å²) < 4.78 is 13.2. The highest BCUT2D eigenvalue weighted by molar-refractivity contribution is 5.70. The van der Waals surface area contributed by atoms with E-state index in [1.807, 2.05) is 0 Å².